The highest BCUT2D eigenvalue weighted by molar-refractivity contribution is 5.80. The molecule has 0 spiro atoms. The first-order valence-corrected chi connectivity index (χ1v) is 7.06. The Morgan fingerprint density at radius 1 is 1.10 bits per heavy atom. The molecule has 0 N–H and O–H groups in total. The van der Waals surface area contributed by atoms with Crippen molar-refractivity contribution in [1.29, 1.82) is 0 Å². The molecule has 2 aliphatic heterocycles. The third kappa shape index (κ3) is 1.88. The minimum absolute atomic E-state index is 0.791. The van der Waals surface area contributed by atoms with Crippen LogP contribution in [0.4, 0.5) is 11.4 Å². The standard InChI is InChI=1S/C16H17N3O/c1-4-14-16-15(5-1)20-10-9-18(16)7-8-19(14)12-13-3-2-6-17-11-13/h1-6,11H,7-10,12H2. The maximum absolute atomic E-state index is 5.79. The van der Waals surface area contributed by atoms with Crippen molar-refractivity contribution in [1.82, 2.24) is 4.98 Å². The summed E-state index contributed by atoms with van der Waals surface area (Å²) in [5, 5.41) is 0. The number of pyridine rings is 1. The topological polar surface area (TPSA) is 28.6 Å². The van der Waals surface area contributed by atoms with Crippen LogP contribution in [-0.2, 0) is 6.54 Å². The minimum Gasteiger partial charge on any atom is -0.489 e. The van der Waals surface area contributed by atoms with Gasteiger partial charge in [0.25, 0.3) is 0 Å². The summed E-state index contributed by atoms with van der Waals surface area (Å²) < 4.78 is 5.79. The predicted molar refractivity (Wildman–Crippen MR) is 79.4 cm³/mol. The van der Waals surface area contributed by atoms with Crippen molar-refractivity contribution >= 4 is 11.4 Å². The zero-order valence-corrected chi connectivity index (χ0v) is 11.3. The molecule has 1 aromatic heterocycles. The molecular formula is C16H17N3O. The average molecular weight is 267 g/mol. The third-order valence-corrected chi connectivity index (χ3v) is 3.99. The summed E-state index contributed by atoms with van der Waals surface area (Å²) in [5.41, 5.74) is 3.78. The highest BCUT2D eigenvalue weighted by atomic mass is 16.5. The highest BCUT2D eigenvalue weighted by Gasteiger charge is 2.28. The van der Waals surface area contributed by atoms with Crippen LogP contribution in [0.1, 0.15) is 5.56 Å². The summed E-state index contributed by atoms with van der Waals surface area (Å²) in [6.07, 6.45) is 3.76. The highest BCUT2D eigenvalue weighted by Crippen LogP contribution is 2.42. The quantitative estimate of drug-likeness (QED) is 0.835. The maximum Gasteiger partial charge on any atom is 0.144 e. The summed E-state index contributed by atoms with van der Waals surface area (Å²) in [6.45, 7) is 4.79. The zero-order chi connectivity index (χ0) is 13.4. The van der Waals surface area contributed by atoms with Gasteiger partial charge >= 0.3 is 0 Å². The molecule has 0 saturated heterocycles. The molecule has 0 aliphatic carbocycles. The number of anilines is 2. The van der Waals surface area contributed by atoms with Gasteiger partial charge in [0.1, 0.15) is 18.0 Å². The third-order valence-electron chi connectivity index (χ3n) is 3.99. The summed E-state index contributed by atoms with van der Waals surface area (Å²) in [7, 11) is 0. The summed E-state index contributed by atoms with van der Waals surface area (Å²) in [6, 6.07) is 10.5. The Bertz CT molecular complexity index is 614. The van der Waals surface area contributed by atoms with Gasteiger partial charge in [0, 0.05) is 32.0 Å². The first-order valence-electron chi connectivity index (χ1n) is 7.06. The number of rotatable bonds is 2. The molecular weight excluding hydrogens is 250 g/mol. The summed E-state index contributed by atoms with van der Waals surface area (Å²) >= 11 is 0. The summed E-state index contributed by atoms with van der Waals surface area (Å²) in [4.78, 5) is 9.06. The van der Waals surface area contributed by atoms with Crippen LogP contribution in [0.5, 0.6) is 5.75 Å². The van der Waals surface area contributed by atoms with Crippen LogP contribution in [0.15, 0.2) is 42.7 Å². The Morgan fingerprint density at radius 2 is 2.10 bits per heavy atom. The van der Waals surface area contributed by atoms with Crippen molar-refractivity contribution in [3.63, 3.8) is 0 Å². The minimum atomic E-state index is 0.791. The fourth-order valence-electron chi connectivity index (χ4n) is 3.04. The molecule has 0 fully saturated rings. The van der Waals surface area contributed by atoms with E-state index in [4.69, 9.17) is 4.74 Å². The number of aromatic nitrogens is 1. The number of benzene rings is 1. The Labute approximate surface area is 118 Å². The molecule has 0 radical (unpaired) electrons. The Hall–Kier alpha value is -2.23. The van der Waals surface area contributed by atoms with Crippen LogP contribution < -0.4 is 14.5 Å². The first kappa shape index (κ1) is 11.6. The van der Waals surface area contributed by atoms with E-state index in [9.17, 15) is 0 Å². The second-order valence-corrected chi connectivity index (χ2v) is 5.24. The zero-order valence-electron chi connectivity index (χ0n) is 11.3. The molecule has 0 amide bonds. The van der Waals surface area contributed by atoms with E-state index in [2.05, 4.69) is 39.0 Å². The van der Waals surface area contributed by atoms with Gasteiger partial charge in [-0.05, 0) is 23.8 Å². The molecule has 102 valence electrons. The smallest absolute Gasteiger partial charge is 0.144 e. The van der Waals surface area contributed by atoms with Crippen LogP contribution in [0, 0.1) is 0 Å². The SMILES string of the molecule is c1cncc(CN2CCN3CCOc4cccc2c43)c1. The maximum atomic E-state index is 5.79. The molecule has 0 saturated carbocycles. The Morgan fingerprint density at radius 3 is 3.00 bits per heavy atom. The normalized spacial score (nSPS) is 16.6. The van der Waals surface area contributed by atoms with Gasteiger partial charge in [0.2, 0.25) is 0 Å². The molecule has 1 aromatic carbocycles. The number of nitrogens with zero attached hydrogens (tertiary/aromatic N) is 3. The Kier molecular flexibility index (Phi) is 2.73. The molecule has 2 aromatic rings. The van der Waals surface area contributed by atoms with Crippen molar-refractivity contribution in [2.75, 3.05) is 36.0 Å². The lowest BCUT2D eigenvalue weighted by Crippen LogP contribution is -2.44. The van der Waals surface area contributed by atoms with Crippen LogP contribution in [0.3, 0.4) is 0 Å². The van der Waals surface area contributed by atoms with Gasteiger partial charge in [0.15, 0.2) is 0 Å². The van der Waals surface area contributed by atoms with Crippen molar-refractivity contribution in [3.8, 4) is 5.75 Å². The molecule has 4 nitrogen and oxygen atoms in total. The molecule has 3 heterocycles. The van der Waals surface area contributed by atoms with Gasteiger partial charge in [-0.3, -0.25) is 4.98 Å². The van der Waals surface area contributed by atoms with Gasteiger partial charge in [0.05, 0.1) is 12.2 Å². The van der Waals surface area contributed by atoms with E-state index in [1.54, 1.807) is 0 Å². The average Bonchev–Trinajstić information content (AvgIpc) is 2.51. The lowest BCUT2D eigenvalue weighted by Gasteiger charge is -2.41. The molecule has 2 aliphatic rings. The van der Waals surface area contributed by atoms with Gasteiger partial charge in [-0.2, -0.15) is 0 Å². The molecule has 0 bridgehead atoms. The number of ether oxygens (including phenoxy) is 1. The van der Waals surface area contributed by atoms with Crippen molar-refractivity contribution in [3.05, 3.63) is 48.3 Å². The lowest BCUT2D eigenvalue weighted by atomic mass is 10.1. The van der Waals surface area contributed by atoms with E-state index in [1.165, 1.54) is 16.9 Å². The predicted octanol–water partition coefficient (Wildman–Crippen LogP) is 2.30. The number of hydrogen-bond donors (Lipinski definition) is 0. The number of hydrogen-bond acceptors (Lipinski definition) is 4. The van der Waals surface area contributed by atoms with E-state index >= 15 is 0 Å². The van der Waals surface area contributed by atoms with Crippen molar-refractivity contribution in [2.24, 2.45) is 0 Å². The van der Waals surface area contributed by atoms with Crippen LogP contribution in [-0.4, -0.2) is 31.2 Å². The van der Waals surface area contributed by atoms with Gasteiger partial charge < -0.3 is 14.5 Å². The largest absolute Gasteiger partial charge is 0.489 e. The van der Waals surface area contributed by atoms with Crippen molar-refractivity contribution in [2.45, 2.75) is 6.54 Å². The summed E-state index contributed by atoms with van der Waals surface area (Å²) in [5.74, 6) is 1.02. The molecule has 0 atom stereocenters. The van der Waals surface area contributed by atoms with E-state index in [1.807, 2.05) is 18.5 Å². The van der Waals surface area contributed by atoms with Crippen LogP contribution >= 0.6 is 0 Å². The lowest BCUT2D eigenvalue weighted by molar-refractivity contribution is 0.306. The van der Waals surface area contributed by atoms with E-state index in [0.29, 0.717) is 0 Å². The monoisotopic (exact) mass is 267 g/mol. The molecule has 20 heavy (non-hydrogen) atoms. The van der Waals surface area contributed by atoms with Crippen molar-refractivity contribution < 1.29 is 4.74 Å². The first-order chi connectivity index (χ1) is 9.92. The van der Waals surface area contributed by atoms with Gasteiger partial charge in [-0.25, -0.2) is 0 Å². The van der Waals surface area contributed by atoms with Gasteiger partial charge in [-0.1, -0.05) is 12.1 Å². The number of para-hydroxylation sites is 1. The second-order valence-electron chi connectivity index (χ2n) is 5.24. The molecule has 4 heteroatoms. The second kappa shape index (κ2) is 4.71. The fraction of sp³-hybridized carbons (Fsp3) is 0.312. The molecule has 4 rings (SSSR count). The van der Waals surface area contributed by atoms with E-state index in [-0.39, 0.29) is 0 Å². The fourth-order valence-corrected chi connectivity index (χ4v) is 3.04. The van der Waals surface area contributed by atoms with E-state index in [0.717, 1.165) is 38.5 Å². The Balaban J connectivity index is 1.70. The molecule has 0 unspecified atom stereocenters. The van der Waals surface area contributed by atoms with Crippen LogP contribution in [0.25, 0.3) is 0 Å². The van der Waals surface area contributed by atoms with Gasteiger partial charge in [-0.15, -0.1) is 0 Å². The van der Waals surface area contributed by atoms with E-state index < -0.39 is 0 Å². The van der Waals surface area contributed by atoms with Crippen LogP contribution in [0.2, 0.25) is 0 Å².